The highest BCUT2D eigenvalue weighted by Gasteiger charge is 2.43. The number of likely N-dealkylation sites (tertiary alicyclic amines) is 1. The number of carbonyl (C=O) groups is 6. The summed E-state index contributed by atoms with van der Waals surface area (Å²) in [6.07, 6.45) is 7.79. The van der Waals surface area contributed by atoms with Gasteiger partial charge in [-0.25, -0.2) is 4.79 Å². The van der Waals surface area contributed by atoms with Crippen molar-refractivity contribution in [2.24, 2.45) is 17.3 Å². The molecule has 4 unspecified atom stereocenters. The van der Waals surface area contributed by atoms with Crippen molar-refractivity contribution in [3.63, 3.8) is 0 Å². The predicted octanol–water partition coefficient (Wildman–Crippen LogP) is 6.30. The van der Waals surface area contributed by atoms with E-state index in [4.69, 9.17) is 4.74 Å². The van der Waals surface area contributed by atoms with Gasteiger partial charge in [-0.2, -0.15) is 0 Å². The van der Waals surface area contributed by atoms with Crippen LogP contribution in [0.5, 0.6) is 0 Å². The molecule has 0 spiro atoms. The van der Waals surface area contributed by atoms with Gasteiger partial charge in [-0.3, -0.25) is 24.0 Å². The van der Waals surface area contributed by atoms with Gasteiger partial charge in [0, 0.05) is 13.6 Å². The summed E-state index contributed by atoms with van der Waals surface area (Å²) in [6, 6.07) is -3.36. The van der Waals surface area contributed by atoms with E-state index in [0.717, 1.165) is 38.5 Å². The maximum atomic E-state index is 14.0. The molecule has 4 N–H and O–H groups in total. The van der Waals surface area contributed by atoms with Crippen molar-refractivity contribution < 1.29 is 33.5 Å². The first kappa shape index (κ1) is 49.9. The number of nitrogens with zero attached hydrogens (tertiary/aromatic N) is 1. The van der Waals surface area contributed by atoms with Gasteiger partial charge in [0.2, 0.25) is 17.6 Å². The molecule has 0 bridgehead atoms. The van der Waals surface area contributed by atoms with E-state index in [1.54, 1.807) is 20.8 Å². The molecule has 0 aromatic rings. The molecule has 1 aliphatic heterocycles. The molecule has 1 saturated heterocycles. The largest absolute Gasteiger partial charge is 0.459 e. The number of ketones is 1. The van der Waals surface area contributed by atoms with Crippen LogP contribution in [-0.2, 0) is 28.7 Å². The fourth-order valence-corrected chi connectivity index (χ4v) is 5.51. The smallest absolute Gasteiger partial charge is 0.325 e. The average Bonchev–Trinajstić information content (AvgIpc) is 3.45. The Morgan fingerprint density at radius 3 is 1.86 bits per heavy atom. The molecule has 4 atom stereocenters. The van der Waals surface area contributed by atoms with E-state index >= 15 is 0 Å². The van der Waals surface area contributed by atoms with Crippen molar-refractivity contribution in [2.75, 3.05) is 20.1 Å². The number of ether oxygens (including phenoxy) is 1. The quantitative estimate of drug-likeness (QED) is 0.136. The number of hydrogen-bond donors (Lipinski definition) is 4. The van der Waals surface area contributed by atoms with Crippen molar-refractivity contribution in [2.45, 2.75) is 178 Å². The van der Waals surface area contributed by atoms with Gasteiger partial charge < -0.3 is 30.9 Å². The van der Waals surface area contributed by atoms with E-state index in [9.17, 15) is 28.8 Å². The summed E-state index contributed by atoms with van der Waals surface area (Å²) in [7, 11) is 1.36. The Labute approximate surface area is 310 Å². The second-order valence-corrected chi connectivity index (χ2v) is 16.0. The molecule has 1 heterocycles. The van der Waals surface area contributed by atoms with E-state index in [-0.39, 0.29) is 24.3 Å². The Hall–Kier alpha value is -3.18. The topological polar surface area (TPSA) is 163 Å². The highest BCUT2D eigenvalue weighted by Crippen LogP contribution is 2.30. The third-order valence-electron chi connectivity index (χ3n) is 7.51. The van der Waals surface area contributed by atoms with Crippen LogP contribution in [0, 0.1) is 17.3 Å². The number of unbranched alkanes of at least 4 members (excludes halogenated alkanes) is 1. The number of amides is 5. The van der Waals surface area contributed by atoms with Crippen LogP contribution in [0.2, 0.25) is 0 Å². The van der Waals surface area contributed by atoms with E-state index in [1.165, 1.54) is 18.4 Å². The van der Waals surface area contributed by atoms with Gasteiger partial charge in [-0.15, -0.1) is 0 Å². The van der Waals surface area contributed by atoms with Gasteiger partial charge >= 0.3 is 12.0 Å². The van der Waals surface area contributed by atoms with Crippen molar-refractivity contribution >= 4 is 35.5 Å². The van der Waals surface area contributed by atoms with E-state index in [2.05, 4.69) is 62.8 Å². The minimum absolute atomic E-state index is 0.0198. The van der Waals surface area contributed by atoms with Gasteiger partial charge in [-0.05, 0) is 63.7 Å². The summed E-state index contributed by atoms with van der Waals surface area (Å²) in [5.74, 6) is -3.04. The molecule has 5 amide bonds. The second kappa shape index (κ2) is 25.7. The van der Waals surface area contributed by atoms with Gasteiger partial charge in [0.1, 0.15) is 24.2 Å². The molecule has 0 aromatic carbocycles. The Morgan fingerprint density at radius 2 is 1.39 bits per heavy atom. The van der Waals surface area contributed by atoms with Crippen LogP contribution in [0.15, 0.2) is 0 Å². The Balaban J connectivity index is 0. The maximum Gasteiger partial charge on any atom is 0.325 e. The Morgan fingerprint density at radius 1 is 0.863 bits per heavy atom. The average molecular weight is 726 g/mol. The SMILES string of the molecule is CC.CC(C)(C)C.CCC.CCCCC(NC(=O)C1CC(C)CN1C(=O)C(NC(=O)NCC(=O)OC(C)(C)C)C1CCCCC1)C(=O)C(=O)NC. The van der Waals surface area contributed by atoms with Crippen LogP contribution in [0.1, 0.15) is 154 Å². The number of hydrogen-bond acceptors (Lipinski definition) is 7. The first-order chi connectivity index (χ1) is 23.7. The second-order valence-electron chi connectivity index (χ2n) is 16.0. The summed E-state index contributed by atoms with van der Waals surface area (Å²) in [6.45, 7) is 26.1. The zero-order chi connectivity index (χ0) is 39.9. The third kappa shape index (κ3) is 22.4. The lowest BCUT2D eigenvalue weighted by Crippen LogP contribution is -2.59. The highest BCUT2D eigenvalue weighted by atomic mass is 16.6. The molecule has 2 aliphatic rings. The number of esters is 1. The third-order valence-corrected chi connectivity index (χ3v) is 7.51. The fourth-order valence-electron chi connectivity index (χ4n) is 5.51. The molecular formula is C39H75N5O7. The van der Waals surface area contributed by atoms with E-state index in [0.29, 0.717) is 31.2 Å². The molecule has 2 rings (SSSR count). The maximum absolute atomic E-state index is 14.0. The summed E-state index contributed by atoms with van der Waals surface area (Å²) >= 11 is 0. The molecule has 0 radical (unpaired) electrons. The van der Waals surface area contributed by atoms with Gasteiger partial charge in [0.25, 0.3) is 5.91 Å². The fraction of sp³-hybridized carbons (Fsp3) is 0.846. The number of nitrogens with one attached hydrogen (secondary N) is 4. The summed E-state index contributed by atoms with van der Waals surface area (Å²) in [5.41, 5.74) is -0.196. The number of rotatable bonds is 12. The molecule has 298 valence electrons. The van der Waals surface area contributed by atoms with Gasteiger partial charge in [-0.1, -0.05) is 108 Å². The molecule has 1 aliphatic carbocycles. The molecule has 1 saturated carbocycles. The molecule has 12 nitrogen and oxygen atoms in total. The van der Waals surface area contributed by atoms with Crippen molar-refractivity contribution in [3.8, 4) is 0 Å². The molecule has 2 fully saturated rings. The van der Waals surface area contributed by atoms with Crippen molar-refractivity contribution in [3.05, 3.63) is 0 Å². The van der Waals surface area contributed by atoms with E-state index < -0.39 is 53.3 Å². The Bertz CT molecular complexity index is 1060. The number of carbonyl (C=O) groups excluding carboxylic acids is 6. The summed E-state index contributed by atoms with van der Waals surface area (Å²) in [5, 5.41) is 10.3. The van der Waals surface area contributed by atoms with E-state index in [1.807, 2.05) is 27.7 Å². The normalized spacial score (nSPS) is 18.4. The highest BCUT2D eigenvalue weighted by molar-refractivity contribution is 6.38. The minimum atomic E-state index is -0.985. The minimum Gasteiger partial charge on any atom is -0.459 e. The van der Waals surface area contributed by atoms with Crippen LogP contribution >= 0.6 is 0 Å². The first-order valence-electron chi connectivity index (χ1n) is 19.3. The zero-order valence-corrected chi connectivity index (χ0v) is 34.7. The molecule has 0 aromatic heterocycles. The lowest BCUT2D eigenvalue weighted by atomic mass is 9.83. The van der Waals surface area contributed by atoms with Crippen LogP contribution in [0.4, 0.5) is 4.79 Å². The first-order valence-corrected chi connectivity index (χ1v) is 19.3. The monoisotopic (exact) mass is 726 g/mol. The van der Waals surface area contributed by atoms with Gasteiger partial charge in [0.05, 0.1) is 6.04 Å². The zero-order valence-electron chi connectivity index (χ0n) is 34.7. The summed E-state index contributed by atoms with van der Waals surface area (Å²) in [4.78, 5) is 78.5. The van der Waals surface area contributed by atoms with Crippen LogP contribution in [0.25, 0.3) is 0 Å². The lowest BCUT2D eigenvalue weighted by Gasteiger charge is -2.35. The Kier molecular flexibility index (Phi) is 25.2. The molecular weight excluding hydrogens is 650 g/mol. The lowest BCUT2D eigenvalue weighted by molar-refractivity contribution is -0.153. The number of Topliss-reactive ketones (excluding diaryl/α,β-unsaturated/α-hetero) is 1. The number of likely N-dealkylation sites (N-methyl/N-ethyl adjacent to an activating group) is 1. The summed E-state index contributed by atoms with van der Waals surface area (Å²) < 4.78 is 5.24. The van der Waals surface area contributed by atoms with Crippen LogP contribution in [0.3, 0.4) is 0 Å². The van der Waals surface area contributed by atoms with Crippen molar-refractivity contribution in [1.29, 1.82) is 0 Å². The van der Waals surface area contributed by atoms with Crippen LogP contribution in [-0.4, -0.2) is 84.3 Å². The van der Waals surface area contributed by atoms with Gasteiger partial charge in [0.15, 0.2) is 0 Å². The molecule has 51 heavy (non-hydrogen) atoms. The molecule has 12 heteroatoms. The standard InChI is InChI=1S/C29H49N5O7.C5H12.C3H8.C2H6/c1-7-8-14-20(24(36)26(38)30-6)32-25(37)21-15-18(2)17-34(21)27(39)23(19-12-10-9-11-13-19)33-28(40)31-16-22(35)41-29(3,4)5;1-5(2,3)4;1-3-2;1-2/h18-21,23H,7-17H2,1-6H3,(H,30,38)(H,32,37)(H2,31,33,40);1-4H3;3H2,1-2H3;1-2H3. The predicted molar refractivity (Wildman–Crippen MR) is 205 cm³/mol. The van der Waals surface area contributed by atoms with Crippen molar-refractivity contribution in [1.82, 2.24) is 26.2 Å². The van der Waals surface area contributed by atoms with Crippen LogP contribution < -0.4 is 21.3 Å². The number of urea groups is 1.